The fourth-order valence-corrected chi connectivity index (χ4v) is 3.66. The molecule has 2 saturated carbocycles. The quantitative estimate of drug-likeness (QED) is 0.758. The zero-order chi connectivity index (χ0) is 13.0. The molecule has 0 aromatic carbocycles. The molecule has 0 radical (unpaired) electrons. The Morgan fingerprint density at radius 1 is 1.11 bits per heavy atom. The maximum atomic E-state index is 12.4. The Morgan fingerprint density at radius 3 is 2.67 bits per heavy atom. The van der Waals surface area contributed by atoms with Gasteiger partial charge in [0.05, 0.1) is 0 Å². The van der Waals surface area contributed by atoms with Crippen LogP contribution in [0.4, 0.5) is 0 Å². The van der Waals surface area contributed by atoms with Crippen LogP contribution in [0.2, 0.25) is 0 Å². The molecule has 0 saturated heterocycles. The minimum atomic E-state index is 0.186. The molecule has 18 heavy (non-hydrogen) atoms. The van der Waals surface area contributed by atoms with Crippen LogP contribution in [-0.4, -0.2) is 18.5 Å². The largest absolute Gasteiger partial charge is 0.353 e. The minimum Gasteiger partial charge on any atom is -0.353 e. The second-order valence-electron chi connectivity index (χ2n) is 6.26. The maximum Gasteiger partial charge on any atom is 0.223 e. The van der Waals surface area contributed by atoms with Crippen LogP contribution in [0.5, 0.6) is 0 Å². The highest BCUT2D eigenvalue weighted by atomic mass is 16.2. The third-order valence-electron chi connectivity index (χ3n) is 4.99. The van der Waals surface area contributed by atoms with Crippen LogP contribution in [-0.2, 0) is 4.79 Å². The van der Waals surface area contributed by atoms with Gasteiger partial charge < -0.3 is 11.1 Å². The number of rotatable bonds is 3. The zero-order valence-corrected chi connectivity index (χ0v) is 11.7. The molecular weight excluding hydrogens is 224 g/mol. The first-order valence-corrected chi connectivity index (χ1v) is 7.72. The lowest BCUT2D eigenvalue weighted by atomic mass is 9.92. The predicted molar refractivity (Wildman–Crippen MR) is 74.1 cm³/mol. The molecule has 4 unspecified atom stereocenters. The molecule has 2 aliphatic rings. The molecule has 3 nitrogen and oxygen atoms in total. The average Bonchev–Trinajstić information content (AvgIpc) is 2.76. The first kappa shape index (κ1) is 13.9. The van der Waals surface area contributed by atoms with Crippen molar-refractivity contribution >= 4 is 5.91 Å². The number of carbonyl (C=O) groups excluding carboxylic acids is 1. The van der Waals surface area contributed by atoms with Crippen molar-refractivity contribution in [3.8, 4) is 0 Å². The predicted octanol–water partition coefficient (Wildman–Crippen LogP) is 2.45. The number of carbonyl (C=O) groups is 1. The highest BCUT2D eigenvalue weighted by Crippen LogP contribution is 2.32. The molecule has 3 N–H and O–H groups in total. The van der Waals surface area contributed by atoms with Crippen LogP contribution in [0, 0.1) is 17.8 Å². The Morgan fingerprint density at radius 2 is 1.89 bits per heavy atom. The zero-order valence-electron chi connectivity index (χ0n) is 11.7. The van der Waals surface area contributed by atoms with Gasteiger partial charge in [0.1, 0.15) is 0 Å². The molecule has 104 valence electrons. The lowest BCUT2D eigenvalue weighted by Gasteiger charge is -2.26. The van der Waals surface area contributed by atoms with Crippen molar-refractivity contribution in [3.63, 3.8) is 0 Å². The molecule has 0 aromatic rings. The summed E-state index contributed by atoms with van der Waals surface area (Å²) in [7, 11) is 0. The average molecular weight is 252 g/mol. The smallest absolute Gasteiger partial charge is 0.223 e. The Hall–Kier alpha value is -0.570. The Bertz CT molecular complexity index is 280. The van der Waals surface area contributed by atoms with Gasteiger partial charge in [-0.1, -0.05) is 32.6 Å². The molecule has 0 bridgehead atoms. The van der Waals surface area contributed by atoms with E-state index in [1.807, 2.05) is 0 Å². The highest BCUT2D eigenvalue weighted by Gasteiger charge is 2.33. The monoisotopic (exact) mass is 252 g/mol. The summed E-state index contributed by atoms with van der Waals surface area (Å²) in [6, 6.07) is 0.402. The van der Waals surface area contributed by atoms with E-state index in [4.69, 9.17) is 5.73 Å². The number of nitrogens with two attached hydrogens (primary N) is 1. The third-order valence-corrected chi connectivity index (χ3v) is 4.99. The fraction of sp³-hybridized carbons (Fsp3) is 0.933. The van der Waals surface area contributed by atoms with Crippen LogP contribution in [0.25, 0.3) is 0 Å². The van der Waals surface area contributed by atoms with Gasteiger partial charge in [-0.2, -0.15) is 0 Å². The summed E-state index contributed by atoms with van der Waals surface area (Å²) in [5.41, 5.74) is 5.77. The van der Waals surface area contributed by atoms with E-state index in [1.54, 1.807) is 0 Å². The van der Waals surface area contributed by atoms with Gasteiger partial charge in [0.2, 0.25) is 5.91 Å². The first-order chi connectivity index (χ1) is 8.72. The van der Waals surface area contributed by atoms with Crippen molar-refractivity contribution in [1.82, 2.24) is 5.32 Å². The third kappa shape index (κ3) is 3.25. The summed E-state index contributed by atoms with van der Waals surface area (Å²) in [6.45, 7) is 2.95. The van der Waals surface area contributed by atoms with Crippen LogP contribution in [0.15, 0.2) is 0 Å². The van der Waals surface area contributed by atoms with Gasteiger partial charge in [-0.3, -0.25) is 4.79 Å². The summed E-state index contributed by atoms with van der Waals surface area (Å²) in [5, 5.41) is 3.32. The van der Waals surface area contributed by atoms with Gasteiger partial charge in [-0.25, -0.2) is 0 Å². The molecule has 0 aromatic heterocycles. The van der Waals surface area contributed by atoms with Crippen LogP contribution < -0.4 is 11.1 Å². The van der Waals surface area contributed by atoms with Crippen LogP contribution >= 0.6 is 0 Å². The summed E-state index contributed by atoms with van der Waals surface area (Å²) >= 11 is 0. The molecular formula is C15H28N2O. The van der Waals surface area contributed by atoms with Crippen LogP contribution in [0.3, 0.4) is 0 Å². The van der Waals surface area contributed by atoms with Gasteiger partial charge in [-0.05, 0) is 44.1 Å². The maximum absolute atomic E-state index is 12.4. The summed E-state index contributed by atoms with van der Waals surface area (Å²) < 4.78 is 0. The number of hydrogen-bond acceptors (Lipinski definition) is 2. The van der Waals surface area contributed by atoms with Crippen LogP contribution in [0.1, 0.15) is 58.3 Å². The molecule has 0 heterocycles. The van der Waals surface area contributed by atoms with Gasteiger partial charge in [0, 0.05) is 12.0 Å². The lowest BCUT2D eigenvalue weighted by Crippen LogP contribution is -2.43. The van der Waals surface area contributed by atoms with Crippen molar-refractivity contribution in [2.75, 3.05) is 6.54 Å². The standard InChI is InChI=1S/C15H28N2O/c1-11-6-3-2-4-9-14(11)17-15(18)13-8-5-7-12(13)10-16/h11-14H,2-10,16H2,1H3,(H,17,18). The Kier molecular flexibility index (Phi) is 5.04. The van der Waals surface area contributed by atoms with Gasteiger partial charge in [0.25, 0.3) is 0 Å². The van der Waals surface area contributed by atoms with Gasteiger partial charge in [-0.15, -0.1) is 0 Å². The number of amides is 1. The van der Waals surface area contributed by atoms with E-state index in [2.05, 4.69) is 12.2 Å². The van der Waals surface area contributed by atoms with Crippen molar-refractivity contribution < 1.29 is 4.79 Å². The Labute approximate surface area is 111 Å². The van der Waals surface area contributed by atoms with Gasteiger partial charge in [0.15, 0.2) is 0 Å². The normalized spacial score (nSPS) is 37.2. The lowest BCUT2D eigenvalue weighted by molar-refractivity contribution is -0.127. The molecule has 0 spiro atoms. The second-order valence-corrected chi connectivity index (χ2v) is 6.26. The second kappa shape index (κ2) is 6.55. The summed E-state index contributed by atoms with van der Waals surface area (Å²) in [4.78, 5) is 12.4. The van der Waals surface area contributed by atoms with E-state index in [-0.39, 0.29) is 11.8 Å². The summed E-state index contributed by atoms with van der Waals surface area (Å²) in [5.74, 6) is 1.52. The summed E-state index contributed by atoms with van der Waals surface area (Å²) in [6.07, 6.45) is 9.67. The fourth-order valence-electron chi connectivity index (χ4n) is 3.66. The van der Waals surface area contributed by atoms with E-state index in [1.165, 1.54) is 32.1 Å². The van der Waals surface area contributed by atoms with Crippen molar-refractivity contribution in [1.29, 1.82) is 0 Å². The SMILES string of the molecule is CC1CCCCCC1NC(=O)C1CCCC1CN. The van der Waals surface area contributed by atoms with E-state index in [9.17, 15) is 4.79 Å². The van der Waals surface area contributed by atoms with Crippen molar-refractivity contribution in [2.45, 2.75) is 64.3 Å². The minimum absolute atomic E-state index is 0.186. The van der Waals surface area contributed by atoms with E-state index in [0.29, 0.717) is 24.4 Å². The number of hydrogen-bond donors (Lipinski definition) is 2. The van der Waals surface area contributed by atoms with Gasteiger partial charge >= 0.3 is 0 Å². The molecule has 0 aliphatic heterocycles. The number of nitrogens with one attached hydrogen (secondary N) is 1. The highest BCUT2D eigenvalue weighted by molar-refractivity contribution is 5.79. The molecule has 2 fully saturated rings. The Balaban J connectivity index is 1.89. The van der Waals surface area contributed by atoms with E-state index < -0.39 is 0 Å². The molecule has 1 amide bonds. The molecule has 2 rings (SSSR count). The topological polar surface area (TPSA) is 55.1 Å². The van der Waals surface area contributed by atoms with Crippen molar-refractivity contribution in [2.24, 2.45) is 23.5 Å². The van der Waals surface area contributed by atoms with E-state index >= 15 is 0 Å². The first-order valence-electron chi connectivity index (χ1n) is 7.72. The molecule has 4 atom stereocenters. The van der Waals surface area contributed by atoms with Crippen molar-refractivity contribution in [3.05, 3.63) is 0 Å². The molecule has 3 heteroatoms. The van der Waals surface area contributed by atoms with E-state index in [0.717, 1.165) is 19.3 Å². The molecule has 2 aliphatic carbocycles.